The van der Waals surface area contributed by atoms with Crippen molar-refractivity contribution in [3.05, 3.63) is 29.6 Å². The molecular weight excluding hydrogens is 184 g/mol. The van der Waals surface area contributed by atoms with Crippen molar-refractivity contribution in [2.75, 3.05) is 0 Å². The van der Waals surface area contributed by atoms with E-state index in [9.17, 15) is 4.79 Å². The summed E-state index contributed by atoms with van der Waals surface area (Å²) in [6.07, 6.45) is 1.41. The molecular formula is C9H8N2O3. The highest BCUT2D eigenvalue weighted by atomic mass is 16.4. The van der Waals surface area contributed by atoms with E-state index in [1.54, 1.807) is 6.07 Å². The predicted molar refractivity (Wildman–Crippen MR) is 49.0 cm³/mol. The number of imidazole rings is 1. The highest BCUT2D eigenvalue weighted by molar-refractivity contribution is 6.01. The molecule has 0 amide bonds. The van der Waals surface area contributed by atoms with E-state index < -0.39 is 5.97 Å². The second kappa shape index (κ2) is 3.12. The van der Waals surface area contributed by atoms with Crippen molar-refractivity contribution in [2.45, 2.75) is 6.61 Å². The maximum absolute atomic E-state index is 10.8. The summed E-state index contributed by atoms with van der Waals surface area (Å²) in [4.78, 5) is 17.5. The fraction of sp³-hybridized carbons (Fsp3) is 0.111. The summed E-state index contributed by atoms with van der Waals surface area (Å²) in [6, 6.07) is 3.01. The Balaban J connectivity index is 2.78. The van der Waals surface area contributed by atoms with E-state index in [1.807, 2.05) is 0 Å². The van der Waals surface area contributed by atoms with Crippen LogP contribution in [-0.2, 0) is 6.61 Å². The first-order chi connectivity index (χ1) is 6.74. The van der Waals surface area contributed by atoms with Crippen molar-refractivity contribution >= 4 is 17.0 Å². The number of hydrogen-bond donors (Lipinski definition) is 3. The lowest BCUT2D eigenvalue weighted by molar-refractivity contribution is 0.0699. The predicted octanol–water partition coefficient (Wildman–Crippen LogP) is 0.753. The average Bonchev–Trinajstić information content (AvgIpc) is 2.64. The lowest BCUT2D eigenvalue weighted by atomic mass is 10.1. The number of aliphatic hydroxyl groups is 1. The Hall–Kier alpha value is -1.88. The van der Waals surface area contributed by atoms with Gasteiger partial charge in [0, 0.05) is 5.56 Å². The van der Waals surface area contributed by atoms with E-state index in [-0.39, 0.29) is 12.2 Å². The van der Waals surface area contributed by atoms with Crippen LogP contribution in [0.5, 0.6) is 0 Å². The Morgan fingerprint density at radius 2 is 2.29 bits per heavy atom. The van der Waals surface area contributed by atoms with Gasteiger partial charge in [-0.1, -0.05) is 6.07 Å². The van der Waals surface area contributed by atoms with Crippen LogP contribution in [0.2, 0.25) is 0 Å². The molecule has 3 N–H and O–H groups in total. The third kappa shape index (κ3) is 1.14. The fourth-order valence-corrected chi connectivity index (χ4v) is 1.40. The smallest absolute Gasteiger partial charge is 0.337 e. The minimum atomic E-state index is -1.01. The van der Waals surface area contributed by atoms with Crippen molar-refractivity contribution in [1.29, 1.82) is 0 Å². The summed E-state index contributed by atoms with van der Waals surface area (Å²) in [5.74, 6) is -1.01. The molecule has 0 atom stereocenters. The Labute approximate surface area is 79.0 Å². The lowest BCUT2D eigenvalue weighted by Crippen LogP contribution is -1.99. The molecule has 1 aromatic carbocycles. The zero-order chi connectivity index (χ0) is 10.1. The second-order valence-electron chi connectivity index (χ2n) is 2.86. The molecule has 0 fully saturated rings. The number of aromatic amines is 1. The molecule has 0 aliphatic heterocycles. The van der Waals surface area contributed by atoms with Gasteiger partial charge in [-0.3, -0.25) is 0 Å². The summed E-state index contributed by atoms with van der Waals surface area (Å²) in [7, 11) is 0. The number of H-pyrrole nitrogens is 1. The number of carbonyl (C=O) groups is 1. The van der Waals surface area contributed by atoms with Crippen LogP contribution < -0.4 is 0 Å². The summed E-state index contributed by atoms with van der Waals surface area (Å²) in [5, 5.41) is 17.8. The van der Waals surface area contributed by atoms with Gasteiger partial charge in [0.25, 0.3) is 0 Å². The zero-order valence-electron chi connectivity index (χ0n) is 7.19. The van der Waals surface area contributed by atoms with Crippen molar-refractivity contribution in [1.82, 2.24) is 9.97 Å². The van der Waals surface area contributed by atoms with Crippen LogP contribution in [0.1, 0.15) is 15.9 Å². The zero-order valence-corrected chi connectivity index (χ0v) is 7.19. The number of rotatable bonds is 2. The first-order valence-electron chi connectivity index (χ1n) is 4.03. The third-order valence-corrected chi connectivity index (χ3v) is 2.06. The third-order valence-electron chi connectivity index (χ3n) is 2.06. The molecule has 0 saturated carbocycles. The molecule has 14 heavy (non-hydrogen) atoms. The average molecular weight is 192 g/mol. The van der Waals surface area contributed by atoms with Crippen LogP contribution in [0.15, 0.2) is 18.5 Å². The molecule has 0 aliphatic carbocycles. The number of nitrogens with zero attached hydrogens (tertiary/aromatic N) is 1. The molecule has 5 heteroatoms. The van der Waals surface area contributed by atoms with Crippen LogP contribution in [0, 0.1) is 0 Å². The lowest BCUT2D eigenvalue weighted by Gasteiger charge is -2.00. The van der Waals surface area contributed by atoms with E-state index in [0.29, 0.717) is 16.6 Å². The van der Waals surface area contributed by atoms with Gasteiger partial charge in [0.05, 0.1) is 29.5 Å². The van der Waals surface area contributed by atoms with Gasteiger partial charge in [0.15, 0.2) is 0 Å². The second-order valence-corrected chi connectivity index (χ2v) is 2.86. The number of fused-ring (bicyclic) bond motifs is 1. The fourth-order valence-electron chi connectivity index (χ4n) is 1.40. The maximum Gasteiger partial charge on any atom is 0.337 e. The van der Waals surface area contributed by atoms with E-state index in [1.165, 1.54) is 12.4 Å². The Morgan fingerprint density at radius 3 is 2.93 bits per heavy atom. The number of carboxylic acid groups (broad SMARTS) is 1. The monoisotopic (exact) mass is 192 g/mol. The molecule has 0 bridgehead atoms. The number of aromatic carboxylic acids is 1. The number of aromatic nitrogens is 2. The minimum absolute atomic E-state index is 0.152. The van der Waals surface area contributed by atoms with Crippen molar-refractivity contribution in [2.24, 2.45) is 0 Å². The quantitative estimate of drug-likeness (QED) is 0.655. The van der Waals surface area contributed by atoms with Crippen molar-refractivity contribution in [3.63, 3.8) is 0 Å². The topological polar surface area (TPSA) is 86.2 Å². The van der Waals surface area contributed by atoms with Crippen LogP contribution in [0.25, 0.3) is 11.0 Å². The largest absolute Gasteiger partial charge is 0.478 e. The first-order valence-corrected chi connectivity index (χ1v) is 4.03. The Kier molecular flexibility index (Phi) is 1.94. The van der Waals surface area contributed by atoms with Crippen LogP contribution in [0.3, 0.4) is 0 Å². The van der Waals surface area contributed by atoms with E-state index in [4.69, 9.17) is 10.2 Å². The molecule has 0 unspecified atom stereocenters. The normalized spacial score (nSPS) is 10.6. The molecule has 2 aromatic rings. The van der Waals surface area contributed by atoms with Gasteiger partial charge in [-0.05, 0) is 6.07 Å². The molecule has 72 valence electrons. The van der Waals surface area contributed by atoms with Crippen LogP contribution in [0.4, 0.5) is 0 Å². The van der Waals surface area contributed by atoms with Gasteiger partial charge in [0.1, 0.15) is 0 Å². The van der Waals surface area contributed by atoms with Gasteiger partial charge in [-0.25, -0.2) is 9.78 Å². The summed E-state index contributed by atoms with van der Waals surface area (Å²) in [5.41, 5.74) is 1.73. The highest BCUT2D eigenvalue weighted by Crippen LogP contribution is 2.19. The number of aliphatic hydroxyl groups excluding tert-OH is 1. The highest BCUT2D eigenvalue weighted by Gasteiger charge is 2.12. The van der Waals surface area contributed by atoms with E-state index in [0.717, 1.165) is 0 Å². The number of nitrogens with one attached hydrogen (secondary N) is 1. The molecule has 0 saturated heterocycles. The van der Waals surface area contributed by atoms with Gasteiger partial charge >= 0.3 is 5.97 Å². The molecule has 1 heterocycles. The molecule has 0 spiro atoms. The van der Waals surface area contributed by atoms with Crippen molar-refractivity contribution in [3.8, 4) is 0 Å². The van der Waals surface area contributed by atoms with Crippen LogP contribution >= 0.6 is 0 Å². The molecule has 0 radical (unpaired) electrons. The number of carboxylic acids is 1. The molecule has 2 rings (SSSR count). The first kappa shape index (κ1) is 8.71. The van der Waals surface area contributed by atoms with Gasteiger partial charge < -0.3 is 15.2 Å². The van der Waals surface area contributed by atoms with Crippen LogP contribution in [-0.4, -0.2) is 26.2 Å². The number of benzene rings is 1. The Morgan fingerprint density at radius 1 is 1.50 bits per heavy atom. The molecule has 0 aliphatic rings. The maximum atomic E-state index is 10.8. The standard InChI is InChI=1S/C9H8N2O3/c12-3-5-1-2-6(9(13)14)8-7(5)10-4-11-8/h1-2,4,12H,3H2,(H,10,11)(H,13,14). The molecule has 5 nitrogen and oxygen atoms in total. The SMILES string of the molecule is O=C(O)c1ccc(CO)c2nc[nH]c12. The minimum Gasteiger partial charge on any atom is -0.478 e. The number of hydrogen-bond acceptors (Lipinski definition) is 3. The van der Waals surface area contributed by atoms with Gasteiger partial charge in [-0.2, -0.15) is 0 Å². The van der Waals surface area contributed by atoms with Gasteiger partial charge in [-0.15, -0.1) is 0 Å². The molecule has 1 aromatic heterocycles. The Bertz CT molecular complexity index is 490. The van der Waals surface area contributed by atoms with E-state index >= 15 is 0 Å². The van der Waals surface area contributed by atoms with E-state index in [2.05, 4.69) is 9.97 Å². The summed E-state index contributed by atoms with van der Waals surface area (Å²) in [6.45, 7) is -0.152. The van der Waals surface area contributed by atoms with Gasteiger partial charge in [0.2, 0.25) is 0 Å². The summed E-state index contributed by atoms with van der Waals surface area (Å²) < 4.78 is 0. The van der Waals surface area contributed by atoms with Crippen molar-refractivity contribution < 1.29 is 15.0 Å². The summed E-state index contributed by atoms with van der Waals surface area (Å²) >= 11 is 0.